The van der Waals surface area contributed by atoms with Crippen LogP contribution in [0.15, 0.2) is 122 Å². The minimum Gasteiger partial charge on any atom is -0.385 e. The third-order valence-electron chi connectivity index (χ3n) is 11.8. The third-order valence-corrected chi connectivity index (χ3v) is 11.8. The highest BCUT2D eigenvalue weighted by atomic mass is 15.1. The highest BCUT2D eigenvalue weighted by Gasteiger charge is 2.23. The van der Waals surface area contributed by atoms with Crippen molar-refractivity contribution < 1.29 is 0 Å². The predicted molar refractivity (Wildman–Crippen MR) is 240 cm³/mol. The molecule has 1 fully saturated rings. The highest BCUT2D eigenvalue weighted by Crippen LogP contribution is 2.41. The summed E-state index contributed by atoms with van der Waals surface area (Å²) in [5.41, 5.74) is 16.0. The second-order valence-electron chi connectivity index (χ2n) is 16.0. The minimum atomic E-state index is 0.325. The number of aryl methyl sites for hydroxylation is 2. The number of anilines is 2. The first-order chi connectivity index (χ1) is 26.8. The molecule has 288 valence electrons. The van der Waals surface area contributed by atoms with Crippen molar-refractivity contribution in [2.75, 3.05) is 50.0 Å². The molecule has 0 bridgehead atoms. The van der Waals surface area contributed by atoms with Crippen LogP contribution in [0.5, 0.6) is 0 Å². The maximum absolute atomic E-state index is 4.09. The normalized spacial score (nSPS) is 15.2. The molecule has 0 amide bonds. The van der Waals surface area contributed by atoms with Crippen molar-refractivity contribution >= 4 is 28.6 Å². The Labute approximate surface area is 332 Å². The van der Waals surface area contributed by atoms with Crippen molar-refractivity contribution in [3.63, 3.8) is 0 Å². The first-order valence-corrected chi connectivity index (χ1v) is 20.7. The Morgan fingerprint density at radius 3 is 2.38 bits per heavy atom. The highest BCUT2D eigenvalue weighted by molar-refractivity contribution is 6.01. The molecule has 2 N–H and O–H groups in total. The molecule has 4 nitrogen and oxygen atoms in total. The molecule has 0 aromatic heterocycles. The van der Waals surface area contributed by atoms with Gasteiger partial charge in [0, 0.05) is 43.6 Å². The lowest BCUT2D eigenvalue weighted by Gasteiger charge is -2.34. The van der Waals surface area contributed by atoms with Gasteiger partial charge in [-0.25, -0.2) is 0 Å². The lowest BCUT2D eigenvalue weighted by Crippen LogP contribution is -2.37. The number of nitrogens with zero attached hydrogens (tertiary/aromatic N) is 2. The second-order valence-corrected chi connectivity index (χ2v) is 16.0. The van der Waals surface area contributed by atoms with Crippen molar-refractivity contribution in [2.24, 2.45) is 5.92 Å². The lowest BCUT2D eigenvalue weighted by molar-refractivity contribution is 0.262. The van der Waals surface area contributed by atoms with Crippen LogP contribution in [0, 0.1) is 12.8 Å². The van der Waals surface area contributed by atoms with Crippen molar-refractivity contribution in [1.29, 1.82) is 0 Å². The number of piperidine rings is 1. The number of likely N-dealkylation sites (N-methyl/N-ethyl adjacent to an activating group) is 1. The van der Waals surface area contributed by atoms with E-state index in [2.05, 4.69) is 158 Å². The third kappa shape index (κ3) is 10.8. The summed E-state index contributed by atoms with van der Waals surface area (Å²) in [5.74, 6) is 0.746. The summed E-state index contributed by atoms with van der Waals surface area (Å²) in [5, 5.41) is 7.45. The number of fused-ring (bicyclic) bond motifs is 1. The van der Waals surface area contributed by atoms with Gasteiger partial charge in [-0.15, -0.1) is 13.2 Å². The minimum absolute atomic E-state index is 0.325. The van der Waals surface area contributed by atoms with E-state index >= 15 is 0 Å². The van der Waals surface area contributed by atoms with E-state index in [-0.39, 0.29) is 0 Å². The second kappa shape index (κ2) is 19.8. The fourth-order valence-electron chi connectivity index (χ4n) is 8.48. The van der Waals surface area contributed by atoms with E-state index < -0.39 is 0 Å². The van der Waals surface area contributed by atoms with Crippen molar-refractivity contribution in [3.8, 4) is 0 Å². The van der Waals surface area contributed by atoms with Gasteiger partial charge in [0.25, 0.3) is 0 Å². The Morgan fingerprint density at radius 2 is 1.65 bits per heavy atom. The van der Waals surface area contributed by atoms with Crippen LogP contribution in [0.25, 0.3) is 17.2 Å². The van der Waals surface area contributed by atoms with Crippen LogP contribution >= 0.6 is 0 Å². The molecule has 0 saturated carbocycles. The summed E-state index contributed by atoms with van der Waals surface area (Å²) in [6, 6.07) is 34.4. The summed E-state index contributed by atoms with van der Waals surface area (Å²) in [7, 11) is 2.18. The zero-order valence-electron chi connectivity index (χ0n) is 33.9. The average molecular weight is 733 g/mol. The zero-order chi connectivity index (χ0) is 38.6. The van der Waals surface area contributed by atoms with E-state index in [1.807, 2.05) is 6.08 Å². The zero-order valence-corrected chi connectivity index (χ0v) is 33.9. The molecule has 1 atom stereocenters. The van der Waals surface area contributed by atoms with E-state index in [0.717, 1.165) is 77.3 Å². The molecule has 4 aromatic carbocycles. The van der Waals surface area contributed by atoms with Gasteiger partial charge < -0.3 is 15.5 Å². The van der Waals surface area contributed by atoms with Gasteiger partial charge in [-0.3, -0.25) is 4.90 Å². The van der Waals surface area contributed by atoms with Crippen molar-refractivity contribution in [3.05, 3.63) is 161 Å². The van der Waals surface area contributed by atoms with Gasteiger partial charge in [0.2, 0.25) is 0 Å². The molecule has 1 aliphatic heterocycles. The van der Waals surface area contributed by atoms with Gasteiger partial charge in [0.05, 0.1) is 0 Å². The Balaban J connectivity index is 0.929. The number of nitrogens with one attached hydrogen (secondary N) is 2. The summed E-state index contributed by atoms with van der Waals surface area (Å²) in [6.07, 6.45) is 13.1. The van der Waals surface area contributed by atoms with Gasteiger partial charge >= 0.3 is 0 Å². The molecule has 4 aromatic rings. The first kappa shape index (κ1) is 40.0. The lowest BCUT2D eigenvalue weighted by atomic mass is 9.79. The molecule has 0 spiro atoms. The molecule has 1 aliphatic carbocycles. The molecule has 0 radical (unpaired) electrons. The molecule has 4 heteroatoms. The standard InChI is InChI=1S/C51H64N4/c1-7-41-18-22-46(35-45(41)37-54(6)47(8-2)23-16-38(3)4)53-31-13-12-30-52-36-40-28-32-55(33-29-40)48-24-19-43(20-25-48)51-49(42-14-10-9-11-15-42)27-21-44-34-39(5)17-26-50(44)51/h7-11,14-15,17-20,22,24-26,34-35,40,47,52-53H,1-3,12-13,16,21,23,27-33,36-37H2,4-6H3. The predicted octanol–water partition coefficient (Wildman–Crippen LogP) is 11.6. The van der Waals surface area contributed by atoms with Gasteiger partial charge in [0.15, 0.2) is 0 Å². The number of allylic oxidation sites excluding steroid dienone is 2. The van der Waals surface area contributed by atoms with Crippen LogP contribution in [-0.2, 0) is 13.0 Å². The van der Waals surface area contributed by atoms with E-state index in [0.29, 0.717) is 6.04 Å². The van der Waals surface area contributed by atoms with Crippen molar-refractivity contribution in [1.82, 2.24) is 10.2 Å². The van der Waals surface area contributed by atoms with Gasteiger partial charge in [-0.1, -0.05) is 96.6 Å². The average Bonchev–Trinajstić information content (AvgIpc) is 3.21. The number of hydrogen-bond donors (Lipinski definition) is 2. The molecule has 1 heterocycles. The van der Waals surface area contributed by atoms with Crippen LogP contribution in [0.2, 0.25) is 0 Å². The van der Waals surface area contributed by atoms with Crippen LogP contribution < -0.4 is 15.5 Å². The quantitative estimate of drug-likeness (QED) is 0.0742. The van der Waals surface area contributed by atoms with Crippen molar-refractivity contribution in [2.45, 2.75) is 77.8 Å². The van der Waals surface area contributed by atoms with E-state index in [4.69, 9.17) is 0 Å². The van der Waals surface area contributed by atoms with Gasteiger partial charge in [-0.2, -0.15) is 0 Å². The maximum atomic E-state index is 4.09. The molecule has 55 heavy (non-hydrogen) atoms. The largest absolute Gasteiger partial charge is 0.385 e. The molecule has 1 saturated heterocycles. The summed E-state index contributed by atoms with van der Waals surface area (Å²) in [4.78, 5) is 4.97. The van der Waals surface area contributed by atoms with E-state index in [1.165, 1.54) is 86.3 Å². The first-order valence-electron chi connectivity index (χ1n) is 20.7. The number of unbranched alkanes of at least 4 members (excludes halogenated alkanes) is 1. The fourth-order valence-corrected chi connectivity index (χ4v) is 8.48. The summed E-state index contributed by atoms with van der Waals surface area (Å²) < 4.78 is 0. The molecular weight excluding hydrogens is 669 g/mol. The molecule has 2 aliphatic rings. The Bertz CT molecular complexity index is 1910. The van der Waals surface area contributed by atoms with Gasteiger partial charge in [0.1, 0.15) is 0 Å². The van der Waals surface area contributed by atoms with Crippen LogP contribution in [0.4, 0.5) is 11.4 Å². The van der Waals surface area contributed by atoms with Crippen LogP contribution in [-0.4, -0.2) is 50.7 Å². The van der Waals surface area contributed by atoms with Crippen LogP contribution in [0.3, 0.4) is 0 Å². The monoisotopic (exact) mass is 733 g/mol. The number of hydrogen-bond acceptors (Lipinski definition) is 4. The molecule has 1 unspecified atom stereocenters. The van der Waals surface area contributed by atoms with E-state index in [1.54, 1.807) is 0 Å². The number of benzene rings is 4. The fraction of sp³-hybridized carbons (Fsp3) is 0.373. The smallest absolute Gasteiger partial charge is 0.0366 e. The Morgan fingerprint density at radius 1 is 0.891 bits per heavy atom. The topological polar surface area (TPSA) is 30.5 Å². The van der Waals surface area contributed by atoms with E-state index in [9.17, 15) is 0 Å². The summed E-state index contributed by atoms with van der Waals surface area (Å²) in [6.45, 7) is 22.8. The Hall–Kier alpha value is -4.64. The Kier molecular flexibility index (Phi) is 14.4. The number of rotatable bonds is 19. The maximum Gasteiger partial charge on any atom is 0.0366 e. The van der Waals surface area contributed by atoms with Gasteiger partial charge in [-0.05, 0) is 160 Å². The SMILES string of the molecule is C=Cc1ccc(NCCCCNCC2CCN(c3ccc(C4=C(c5ccccc5)CCc5cc(C)ccc54)cc3)CC2)cc1CN(C)C(C=C)CCC(=C)C. The summed E-state index contributed by atoms with van der Waals surface area (Å²) >= 11 is 0. The van der Waals surface area contributed by atoms with Crippen LogP contribution in [0.1, 0.15) is 90.8 Å². The molecular formula is C51H64N4. The molecule has 6 rings (SSSR count).